The topological polar surface area (TPSA) is 89.8 Å². The molecule has 0 saturated carbocycles. The highest BCUT2D eigenvalue weighted by Crippen LogP contribution is 2.23. The number of tetrazole rings is 1. The van der Waals surface area contributed by atoms with Gasteiger partial charge in [-0.15, -0.1) is 5.10 Å². The summed E-state index contributed by atoms with van der Waals surface area (Å²) in [6.45, 7) is 0. The maximum absolute atomic E-state index is 12.9. The minimum Gasteiger partial charge on any atom is -0.245 e. The third-order valence-corrected chi connectivity index (χ3v) is 4.22. The highest BCUT2D eigenvalue weighted by molar-refractivity contribution is 9.10. The summed E-state index contributed by atoms with van der Waals surface area (Å²) in [7, 11) is -2.39. The molecule has 0 aliphatic carbocycles. The molecule has 0 fully saturated rings. The molecule has 96 valence electrons. The number of aromatic nitrogens is 4. The molecule has 1 aromatic carbocycles. The van der Waals surface area contributed by atoms with Crippen LogP contribution >= 0.6 is 15.9 Å². The Morgan fingerprint density at radius 2 is 2.17 bits per heavy atom. The van der Waals surface area contributed by atoms with Crippen molar-refractivity contribution in [3.05, 3.63) is 28.5 Å². The van der Waals surface area contributed by atoms with Crippen LogP contribution in [0.4, 0.5) is 10.3 Å². The Hall–Kier alpha value is -1.55. The van der Waals surface area contributed by atoms with Gasteiger partial charge in [0.25, 0.3) is 16.0 Å². The Labute approximate surface area is 110 Å². The van der Waals surface area contributed by atoms with Gasteiger partial charge in [0.15, 0.2) is 0 Å². The van der Waals surface area contributed by atoms with E-state index in [1.54, 1.807) is 0 Å². The predicted molar refractivity (Wildman–Crippen MR) is 63.7 cm³/mol. The molecule has 0 saturated heterocycles. The number of halogens is 2. The fourth-order valence-corrected chi connectivity index (χ4v) is 3.18. The minimum atomic E-state index is -3.89. The molecule has 7 nitrogen and oxygen atoms in total. The van der Waals surface area contributed by atoms with E-state index in [4.69, 9.17) is 0 Å². The summed E-state index contributed by atoms with van der Waals surface area (Å²) in [5.41, 5.74) is 0. The molecule has 2 aromatic rings. The second-order valence-electron chi connectivity index (χ2n) is 3.28. The first kappa shape index (κ1) is 12.9. The predicted octanol–water partition coefficient (Wildman–Crippen LogP) is 0.912. The Balaban J connectivity index is 2.36. The number of aryl methyl sites for hydroxylation is 1. The van der Waals surface area contributed by atoms with E-state index in [-0.39, 0.29) is 15.3 Å². The summed E-state index contributed by atoms with van der Waals surface area (Å²) >= 11 is 2.98. The molecule has 0 unspecified atom stereocenters. The van der Waals surface area contributed by atoms with Crippen LogP contribution in [0.5, 0.6) is 0 Å². The lowest BCUT2D eigenvalue weighted by molar-refractivity contribution is 0.598. The summed E-state index contributed by atoms with van der Waals surface area (Å²) in [6.07, 6.45) is 0. The fraction of sp³-hybridized carbons (Fsp3) is 0.125. The van der Waals surface area contributed by atoms with Crippen molar-refractivity contribution < 1.29 is 12.8 Å². The monoisotopic (exact) mass is 335 g/mol. The van der Waals surface area contributed by atoms with Crippen LogP contribution in [-0.4, -0.2) is 28.6 Å². The number of rotatable bonds is 3. The normalized spacial score (nSPS) is 11.5. The first-order valence-corrected chi connectivity index (χ1v) is 6.88. The van der Waals surface area contributed by atoms with Crippen LogP contribution in [0.25, 0.3) is 0 Å². The van der Waals surface area contributed by atoms with Crippen LogP contribution in [0.3, 0.4) is 0 Å². The number of hydrogen-bond acceptors (Lipinski definition) is 5. The van der Waals surface area contributed by atoms with Crippen LogP contribution in [0.2, 0.25) is 0 Å². The third kappa shape index (κ3) is 2.64. The van der Waals surface area contributed by atoms with Crippen molar-refractivity contribution in [2.45, 2.75) is 4.90 Å². The second-order valence-corrected chi connectivity index (χ2v) is 5.79. The number of sulfonamides is 1. The van der Waals surface area contributed by atoms with Gasteiger partial charge in [-0.2, -0.15) is 4.80 Å². The van der Waals surface area contributed by atoms with Gasteiger partial charge >= 0.3 is 0 Å². The van der Waals surface area contributed by atoms with E-state index in [1.165, 1.54) is 7.05 Å². The van der Waals surface area contributed by atoms with Crippen molar-refractivity contribution in [2.75, 3.05) is 4.72 Å². The first-order chi connectivity index (χ1) is 8.38. The van der Waals surface area contributed by atoms with Crippen LogP contribution in [0.1, 0.15) is 0 Å². The maximum Gasteiger partial charge on any atom is 0.277 e. The lowest BCUT2D eigenvalue weighted by Crippen LogP contribution is -2.15. The largest absolute Gasteiger partial charge is 0.277 e. The third-order valence-electron chi connectivity index (χ3n) is 1.92. The highest BCUT2D eigenvalue weighted by atomic mass is 79.9. The maximum atomic E-state index is 12.9. The minimum absolute atomic E-state index is 0.110. The highest BCUT2D eigenvalue weighted by Gasteiger charge is 2.20. The van der Waals surface area contributed by atoms with E-state index in [9.17, 15) is 12.8 Å². The van der Waals surface area contributed by atoms with Crippen molar-refractivity contribution in [2.24, 2.45) is 7.05 Å². The van der Waals surface area contributed by atoms with Crippen LogP contribution in [-0.2, 0) is 17.1 Å². The molecule has 0 aliphatic rings. The van der Waals surface area contributed by atoms with Gasteiger partial charge < -0.3 is 0 Å². The Bertz CT molecular complexity index is 687. The van der Waals surface area contributed by atoms with Gasteiger partial charge in [0.05, 0.1) is 7.05 Å². The Morgan fingerprint density at radius 1 is 1.44 bits per heavy atom. The van der Waals surface area contributed by atoms with Crippen LogP contribution in [0.15, 0.2) is 27.6 Å². The van der Waals surface area contributed by atoms with Crippen molar-refractivity contribution >= 4 is 31.9 Å². The van der Waals surface area contributed by atoms with Crippen molar-refractivity contribution in [3.8, 4) is 0 Å². The van der Waals surface area contributed by atoms with Gasteiger partial charge in [0.2, 0.25) is 0 Å². The van der Waals surface area contributed by atoms with Gasteiger partial charge in [-0.25, -0.2) is 17.5 Å². The van der Waals surface area contributed by atoms with Gasteiger partial charge in [-0.3, -0.25) is 0 Å². The zero-order chi connectivity index (χ0) is 13.3. The molecule has 0 atom stereocenters. The molecule has 2 rings (SSSR count). The quantitative estimate of drug-likeness (QED) is 0.900. The van der Waals surface area contributed by atoms with E-state index in [0.29, 0.717) is 0 Å². The number of anilines is 1. The summed E-state index contributed by atoms with van der Waals surface area (Å²) in [6, 6.07) is 3.24. The standard InChI is InChI=1S/C8H7BrFN5O2S/c1-15-12-8(11-14-15)13-18(16,17)7-3-2-5(10)4-6(7)9/h2-4H,1H3,(H,12,13). The number of benzene rings is 1. The summed E-state index contributed by atoms with van der Waals surface area (Å²) < 4.78 is 39.0. The van der Waals surface area contributed by atoms with E-state index < -0.39 is 15.8 Å². The Kier molecular flexibility index (Phi) is 3.30. The molecule has 0 aliphatic heterocycles. The number of nitrogens with zero attached hydrogens (tertiary/aromatic N) is 4. The van der Waals surface area contributed by atoms with Crippen LogP contribution in [0, 0.1) is 5.82 Å². The summed E-state index contributed by atoms with van der Waals surface area (Å²) in [4.78, 5) is 0.994. The summed E-state index contributed by atoms with van der Waals surface area (Å²) in [5, 5.41) is 10.7. The molecule has 1 N–H and O–H groups in total. The van der Waals surface area contributed by atoms with E-state index in [1.807, 2.05) is 0 Å². The molecule has 0 amide bonds. The first-order valence-electron chi connectivity index (χ1n) is 4.60. The van der Waals surface area contributed by atoms with E-state index >= 15 is 0 Å². The average molecular weight is 336 g/mol. The molecular formula is C8H7BrFN5O2S. The fourth-order valence-electron chi connectivity index (χ4n) is 1.19. The SMILES string of the molecule is Cn1nnc(NS(=O)(=O)c2ccc(F)cc2Br)n1. The van der Waals surface area contributed by atoms with Gasteiger partial charge in [0, 0.05) is 4.47 Å². The zero-order valence-electron chi connectivity index (χ0n) is 9.00. The average Bonchev–Trinajstić information content (AvgIpc) is 2.62. The second kappa shape index (κ2) is 4.61. The molecule has 18 heavy (non-hydrogen) atoms. The van der Waals surface area contributed by atoms with Gasteiger partial charge in [0.1, 0.15) is 10.7 Å². The van der Waals surface area contributed by atoms with Crippen molar-refractivity contribution in [1.82, 2.24) is 20.2 Å². The number of hydrogen-bond donors (Lipinski definition) is 1. The van der Waals surface area contributed by atoms with Crippen molar-refractivity contribution in [3.63, 3.8) is 0 Å². The molecule has 1 heterocycles. The van der Waals surface area contributed by atoms with Crippen molar-refractivity contribution in [1.29, 1.82) is 0 Å². The van der Waals surface area contributed by atoms with E-state index in [0.717, 1.165) is 23.0 Å². The van der Waals surface area contributed by atoms with Gasteiger partial charge in [-0.05, 0) is 39.3 Å². The lowest BCUT2D eigenvalue weighted by Gasteiger charge is -2.06. The van der Waals surface area contributed by atoms with Gasteiger partial charge in [-0.1, -0.05) is 5.10 Å². The molecule has 1 aromatic heterocycles. The molecule has 0 bridgehead atoms. The lowest BCUT2D eigenvalue weighted by atomic mass is 10.3. The molecule has 0 radical (unpaired) electrons. The number of nitrogens with one attached hydrogen (secondary N) is 1. The smallest absolute Gasteiger partial charge is 0.245 e. The molecule has 10 heteroatoms. The zero-order valence-corrected chi connectivity index (χ0v) is 11.4. The molecular weight excluding hydrogens is 329 g/mol. The van der Waals surface area contributed by atoms with E-state index in [2.05, 4.69) is 36.1 Å². The van der Waals surface area contributed by atoms with Crippen LogP contribution < -0.4 is 4.72 Å². The molecule has 0 spiro atoms. The Morgan fingerprint density at radius 3 is 2.72 bits per heavy atom. The summed E-state index contributed by atoms with van der Waals surface area (Å²) in [5.74, 6) is -0.702.